The number of hydrogen-bond donors (Lipinski definition) is 2. The summed E-state index contributed by atoms with van der Waals surface area (Å²) in [7, 11) is 0. The lowest BCUT2D eigenvalue weighted by Crippen LogP contribution is -2.29. The maximum atomic E-state index is 6.20. The van der Waals surface area contributed by atoms with Gasteiger partial charge in [-0.25, -0.2) is 4.98 Å². The maximum Gasteiger partial charge on any atom is 0.158 e. The van der Waals surface area contributed by atoms with Crippen molar-refractivity contribution < 1.29 is 0 Å². The van der Waals surface area contributed by atoms with E-state index in [1.807, 2.05) is 36.4 Å². The average Bonchev–Trinajstić information content (AvgIpc) is 3.01. The Hall–Kier alpha value is -2.11. The molecule has 1 aliphatic rings. The van der Waals surface area contributed by atoms with Crippen LogP contribution in [0.4, 0.5) is 5.82 Å². The van der Waals surface area contributed by atoms with Crippen molar-refractivity contribution in [3.05, 3.63) is 47.1 Å². The smallest absolute Gasteiger partial charge is 0.158 e. The van der Waals surface area contributed by atoms with Gasteiger partial charge in [-0.2, -0.15) is 9.61 Å². The van der Waals surface area contributed by atoms with Gasteiger partial charge in [0.2, 0.25) is 0 Å². The van der Waals surface area contributed by atoms with E-state index in [-0.39, 0.29) is 0 Å². The summed E-state index contributed by atoms with van der Waals surface area (Å²) in [6.07, 6.45) is 2.32. The predicted octanol–water partition coefficient (Wildman–Crippen LogP) is 3.10. The fraction of sp³-hybridized carbons (Fsp3) is 0.294. The molecule has 0 saturated carbocycles. The van der Waals surface area contributed by atoms with Crippen LogP contribution in [0.5, 0.6) is 0 Å². The van der Waals surface area contributed by atoms with Crippen LogP contribution in [0.25, 0.3) is 16.9 Å². The molecule has 3 aromatic rings. The molecule has 23 heavy (non-hydrogen) atoms. The molecule has 0 aliphatic carbocycles. The second-order valence-electron chi connectivity index (χ2n) is 5.96. The zero-order valence-corrected chi connectivity index (χ0v) is 13.4. The van der Waals surface area contributed by atoms with Gasteiger partial charge in [0.25, 0.3) is 0 Å². The fourth-order valence-electron chi connectivity index (χ4n) is 3.09. The molecule has 2 aromatic heterocycles. The lowest BCUT2D eigenvalue weighted by atomic mass is 9.96. The van der Waals surface area contributed by atoms with Crippen molar-refractivity contribution >= 4 is 23.1 Å². The number of fused-ring (bicyclic) bond motifs is 1. The van der Waals surface area contributed by atoms with Crippen LogP contribution in [-0.2, 0) is 0 Å². The molecule has 0 unspecified atom stereocenters. The van der Waals surface area contributed by atoms with Gasteiger partial charge < -0.3 is 11.1 Å². The molecule has 1 aliphatic heterocycles. The summed E-state index contributed by atoms with van der Waals surface area (Å²) in [4.78, 5) is 4.78. The average molecular weight is 328 g/mol. The molecule has 0 spiro atoms. The van der Waals surface area contributed by atoms with E-state index in [1.54, 1.807) is 4.52 Å². The molecule has 0 radical (unpaired) electrons. The van der Waals surface area contributed by atoms with Crippen molar-refractivity contribution in [2.75, 3.05) is 18.8 Å². The number of nitrogens with one attached hydrogen (secondary N) is 1. The normalized spacial score (nSPS) is 18.4. The van der Waals surface area contributed by atoms with E-state index in [4.69, 9.17) is 22.3 Å². The van der Waals surface area contributed by atoms with E-state index in [0.29, 0.717) is 16.8 Å². The van der Waals surface area contributed by atoms with Crippen LogP contribution in [-0.4, -0.2) is 27.7 Å². The Morgan fingerprint density at radius 2 is 2.04 bits per heavy atom. The quantitative estimate of drug-likeness (QED) is 0.759. The third-order valence-electron chi connectivity index (χ3n) is 4.33. The van der Waals surface area contributed by atoms with E-state index in [9.17, 15) is 0 Å². The third-order valence-corrected chi connectivity index (χ3v) is 4.58. The van der Waals surface area contributed by atoms with E-state index < -0.39 is 0 Å². The number of piperidine rings is 1. The highest BCUT2D eigenvalue weighted by molar-refractivity contribution is 6.30. The first-order valence-electron chi connectivity index (χ1n) is 7.83. The summed E-state index contributed by atoms with van der Waals surface area (Å²) in [5.74, 6) is 1.04. The third kappa shape index (κ3) is 2.78. The highest BCUT2D eigenvalue weighted by Crippen LogP contribution is 2.26. The number of halogens is 1. The Kier molecular flexibility index (Phi) is 3.67. The zero-order chi connectivity index (χ0) is 15.8. The Morgan fingerprint density at radius 1 is 1.22 bits per heavy atom. The van der Waals surface area contributed by atoms with Gasteiger partial charge in [0.1, 0.15) is 5.82 Å². The summed E-state index contributed by atoms with van der Waals surface area (Å²) in [6.45, 7) is 2.04. The summed E-state index contributed by atoms with van der Waals surface area (Å²) in [5.41, 5.74) is 9.88. The van der Waals surface area contributed by atoms with Crippen LogP contribution in [0.2, 0.25) is 5.02 Å². The zero-order valence-electron chi connectivity index (χ0n) is 12.7. The Labute approximate surface area is 139 Å². The van der Waals surface area contributed by atoms with Gasteiger partial charge in [0, 0.05) is 35.2 Å². The van der Waals surface area contributed by atoms with E-state index in [1.165, 1.54) is 6.42 Å². The lowest BCUT2D eigenvalue weighted by molar-refractivity contribution is 0.455. The maximum absolute atomic E-state index is 6.20. The van der Waals surface area contributed by atoms with Crippen molar-refractivity contribution in [3.63, 3.8) is 0 Å². The number of nitrogens with zero attached hydrogens (tertiary/aromatic N) is 3. The van der Waals surface area contributed by atoms with E-state index in [2.05, 4.69) is 10.4 Å². The summed E-state index contributed by atoms with van der Waals surface area (Å²) in [6, 6.07) is 11.5. The molecule has 0 bridgehead atoms. The molecule has 6 heteroatoms. The molecule has 5 nitrogen and oxygen atoms in total. The van der Waals surface area contributed by atoms with Gasteiger partial charge in [0.05, 0.1) is 11.4 Å². The number of anilines is 1. The van der Waals surface area contributed by atoms with Crippen molar-refractivity contribution in [2.45, 2.75) is 18.8 Å². The minimum Gasteiger partial charge on any atom is -0.384 e. The first kappa shape index (κ1) is 14.5. The minimum absolute atomic E-state index is 0.421. The van der Waals surface area contributed by atoms with Gasteiger partial charge in [-0.05, 0) is 31.5 Å². The monoisotopic (exact) mass is 327 g/mol. The molecule has 0 amide bonds. The molecule has 3 N–H and O–H groups in total. The van der Waals surface area contributed by atoms with Crippen LogP contribution in [0.15, 0.2) is 36.4 Å². The van der Waals surface area contributed by atoms with Crippen LogP contribution in [0.1, 0.15) is 24.5 Å². The number of hydrogen-bond acceptors (Lipinski definition) is 4. The summed E-state index contributed by atoms with van der Waals surface area (Å²) in [5, 5.41) is 8.70. The molecular formula is C17H18ClN5. The van der Waals surface area contributed by atoms with Gasteiger partial charge in [-0.1, -0.05) is 23.7 Å². The summed E-state index contributed by atoms with van der Waals surface area (Å²) < 4.78 is 1.70. The molecule has 1 atom stereocenters. The van der Waals surface area contributed by atoms with E-state index in [0.717, 1.165) is 42.1 Å². The molecule has 1 aromatic carbocycles. The number of nitrogen functional groups attached to an aromatic ring is 1. The topological polar surface area (TPSA) is 68.2 Å². The molecular weight excluding hydrogens is 310 g/mol. The molecule has 1 fully saturated rings. The highest BCUT2D eigenvalue weighted by atomic mass is 35.5. The molecule has 118 valence electrons. The second kappa shape index (κ2) is 5.83. The van der Waals surface area contributed by atoms with Gasteiger partial charge in [-0.15, -0.1) is 0 Å². The van der Waals surface area contributed by atoms with Crippen molar-refractivity contribution in [1.29, 1.82) is 0 Å². The molecule has 3 heterocycles. The van der Waals surface area contributed by atoms with Crippen LogP contribution >= 0.6 is 11.6 Å². The largest absolute Gasteiger partial charge is 0.384 e. The van der Waals surface area contributed by atoms with Gasteiger partial charge in [0.15, 0.2) is 5.65 Å². The lowest BCUT2D eigenvalue weighted by Gasteiger charge is -2.22. The first-order chi connectivity index (χ1) is 11.2. The van der Waals surface area contributed by atoms with Crippen molar-refractivity contribution in [1.82, 2.24) is 19.9 Å². The SMILES string of the molecule is Nc1cc([C@H]2CCCNC2)nc2cc(-c3ccc(Cl)cc3)nn12. The first-order valence-corrected chi connectivity index (χ1v) is 8.21. The number of nitrogens with two attached hydrogens (primary N) is 1. The van der Waals surface area contributed by atoms with Gasteiger partial charge in [-0.3, -0.25) is 0 Å². The molecule has 4 rings (SSSR count). The predicted molar refractivity (Wildman–Crippen MR) is 92.7 cm³/mol. The second-order valence-corrected chi connectivity index (χ2v) is 6.39. The highest BCUT2D eigenvalue weighted by Gasteiger charge is 2.18. The number of benzene rings is 1. The Morgan fingerprint density at radius 3 is 2.78 bits per heavy atom. The van der Waals surface area contributed by atoms with E-state index >= 15 is 0 Å². The standard InChI is InChI=1S/C17H18ClN5/c18-13-5-3-11(4-6-13)15-9-17-21-14(8-16(19)23(17)22-15)12-2-1-7-20-10-12/h3-6,8-9,12,20H,1-2,7,10,19H2/t12-/m0/s1. The number of aromatic nitrogens is 3. The minimum atomic E-state index is 0.421. The Bertz CT molecular complexity index is 834. The van der Waals surface area contributed by atoms with Crippen molar-refractivity contribution in [2.24, 2.45) is 0 Å². The summed E-state index contributed by atoms with van der Waals surface area (Å²) >= 11 is 5.95. The number of rotatable bonds is 2. The Balaban J connectivity index is 1.75. The van der Waals surface area contributed by atoms with Crippen LogP contribution in [0, 0.1) is 0 Å². The van der Waals surface area contributed by atoms with Crippen LogP contribution in [0.3, 0.4) is 0 Å². The van der Waals surface area contributed by atoms with Crippen LogP contribution < -0.4 is 11.1 Å². The fourth-order valence-corrected chi connectivity index (χ4v) is 3.22. The van der Waals surface area contributed by atoms with Gasteiger partial charge >= 0.3 is 0 Å². The molecule has 1 saturated heterocycles. The van der Waals surface area contributed by atoms with Crippen molar-refractivity contribution in [3.8, 4) is 11.3 Å².